The second-order valence-electron chi connectivity index (χ2n) is 14.9. The summed E-state index contributed by atoms with van der Waals surface area (Å²) in [5.74, 6) is 9.07. The Bertz CT molecular complexity index is 2370. The first-order valence-corrected chi connectivity index (χ1v) is 20.0. The predicted molar refractivity (Wildman–Crippen MR) is 229 cm³/mol. The average molecular weight is 955 g/mol. The van der Waals surface area contributed by atoms with Crippen molar-refractivity contribution in [1.29, 1.82) is 0 Å². The monoisotopic (exact) mass is 952 g/mol. The van der Waals surface area contributed by atoms with Gasteiger partial charge in [0.1, 0.15) is 11.2 Å². The zero-order valence-electron chi connectivity index (χ0n) is 32.9. The molecule has 6 aromatic rings. The van der Waals surface area contributed by atoms with Gasteiger partial charge in [0, 0.05) is 20.1 Å². The van der Waals surface area contributed by atoms with Crippen LogP contribution in [0.1, 0.15) is 49.9 Å². The van der Waals surface area contributed by atoms with E-state index in [0.29, 0.717) is 10.8 Å². The maximum Gasteiger partial charge on any atom is 0.433 e. The van der Waals surface area contributed by atoms with E-state index in [1.54, 1.807) is 76.2 Å². The lowest BCUT2D eigenvalue weighted by Gasteiger charge is -2.27. The fraction of sp³-hybridized carbons (Fsp3) is 0.250. The van der Waals surface area contributed by atoms with Gasteiger partial charge in [-0.1, -0.05) is 153 Å². The van der Waals surface area contributed by atoms with Crippen LogP contribution in [0.3, 0.4) is 0 Å². The largest absolute Gasteiger partial charge is 0.433 e. The number of halogens is 8. The lowest BCUT2D eigenvalue weighted by molar-refractivity contribution is -0.241. The first-order valence-electron chi connectivity index (χ1n) is 18.4. The van der Waals surface area contributed by atoms with Gasteiger partial charge in [0.05, 0.1) is 13.2 Å². The van der Waals surface area contributed by atoms with E-state index in [-0.39, 0.29) is 24.3 Å². The van der Waals surface area contributed by atoms with Crippen LogP contribution in [0.4, 0.5) is 26.3 Å². The molecule has 2 N–H and O–H groups in total. The molecule has 12 heteroatoms. The van der Waals surface area contributed by atoms with Gasteiger partial charge in [-0.3, -0.25) is 0 Å². The zero-order chi connectivity index (χ0) is 44.0. The van der Waals surface area contributed by atoms with Crippen molar-refractivity contribution in [2.45, 2.75) is 75.7 Å². The SMILES string of the molecule is CC(C)(C#C[C@@](O)(c1ccc2ccccc2c1)C(F)(F)F)OCc1ccc(Br)cc1.CC(C)(C#C[C@@](O)(c1ccc2ccccc2c1)C(F)(F)F)OCc1ccc(Br)cc1. The molecular formula is C48H40Br2F6O4. The fourth-order valence-electron chi connectivity index (χ4n) is 5.69. The molecule has 0 saturated heterocycles. The molecule has 0 fully saturated rings. The Balaban J connectivity index is 0.000000228. The second kappa shape index (κ2) is 18.5. The fourth-order valence-corrected chi connectivity index (χ4v) is 6.21. The molecule has 0 amide bonds. The third-order valence-electron chi connectivity index (χ3n) is 9.27. The van der Waals surface area contributed by atoms with Gasteiger partial charge in [0.2, 0.25) is 11.2 Å². The Morgan fingerprint density at radius 2 is 0.767 bits per heavy atom. The molecule has 60 heavy (non-hydrogen) atoms. The van der Waals surface area contributed by atoms with Crippen LogP contribution in [-0.4, -0.2) is 33.8 Å². The van der Waals surface area contributed by atoms with Crippen molar-refractivity contribution in [2.24, 2.45) is 0 Å². The number of benzene rings is 6. The summed E-state index contributed by atoms with van der Waals surface area (Å²) < 4.78 is 96.4. The molecule has 0 aliphatic heterocycles. The third-order valence-corrected chi connectivity index (χ3v) is 10.3. The highest BCUT2D eigenvalue weighted by Gasteiger charge is 2.55. The minimum absolute atomic E-state index is 0.176. The Kier molecular flexibility index (Phi) is 14.3. The Hall–Kier alpha value is -4.66. The van der Waals surface area contributed by atoms with Crippen LogP contribution < -0.4 is 0 Å². The number of alkyl halides is 6. The van der Waals surface area contributed by atoms with E-state index in [1.165, 1.54) is 36.4 Å². The highest BCUT2D eigenvalue weighted by Crippen LogP contribution is 2.41. The van der Waals surface area contributed by atoms with Gasteiger partial charge in [-0.05, 0) is 96.8 Å². The van der Waals surface area contributed by atoms with Gasteiger partial charge in [0.25, 0.3) is 0 Å². The van der Waals surface area contributed by atoms with Gasteiger partial charge in [0.15, 0.2) is 0 Å². The lowest BCUT2D eigenvalue weighted by Crippen LogP contribution is -2.41. The van der Waals surface area contributed by atoms with Crippen molar-refractivity contribution in [2.75, 3.05) is 0 Å². The molecule has 0 radical (unpaired) electrons. The van der Waals surface area contributed by atoms with Crippen molar-refractivity contribution in [3.05, 3.63) is 165 Å². The van der Waals surface area contributed by atoms with Crippen LogP contribution in [0.25, 0.3) is 21.5 Å². The average Bonchev–Trinajstić information content (AvgIpc) is 3.20. The third kappa shape index (κ3) is 11.8. The number of rotatable bonds is 8. The molecule has 6 rings (SSSR count). The minimum Gasteiger partial charge on any atom is -0.366 e. The number of ether oxygens (including phenoxy) is 2. The summed E-state index contributed by atoms with van der Waals surface area (Å²) in [5, 5.41) is 23.9. The van der Waals surface area contributed by atoms with Crippen molar-refractivity contribution < 1.29 is 46.0 Å². The molecule has 0 aromatic heterocycles. The molecule has 0 spiro atoms. The molecule has 2 atom stereocenters. The maximum atomic E-state index is 13.9. The molecule has 6 aromatic carbocycles. The van der Waals surface area contributed by atoms with Crippen molar-refractivity contribution in [1.82, 2.24) is 0 Å². The van der Waals surface area contributed by atoms with Crippen molar-refractivity contribution in [3.63, 3.8) is 0 Å². The summed E-state index contributed by atoms with van der Waals surface area (Å²) in [7, 11) is 0. The minimum atomic E-state index is -4.98. The van der Waals surface area contributed by atoms with Crippen molar-refractivity contribution in [3.8, 4) is 23.7 Å². The van der Waals surface area contributed by atoms with Gasteiger partial charge in [-0.15, -0.1) is 0 Å². The van der Waals surface area contributed by atoms with Gasteiger partial charge >= 0.3 is 12.4 Å². The summed E-state index contributed by atoms with van der Waals surface area (Å²) in [5.41, 5.74) is -7.98. The maximum absolute atomic E-state index is 13.9. The van der Waals surface area contributed by atoms with Crippen LogP contribution in [0.15, 0.2) is 142 Å². The zero-order valence-corrected chi connectivity index (χ0v) is 36.0. The topological polar surface area (TPSA) is 58.9 Å². The predicted octanol–water partition coefficient (Wildman–Crippen LogP) is 12.7. The van der Waals surface area contributed by atoms with E-state index in [0.717, 1.165) is 30.8 Å². The van der Waals surface area contributed by atoms with E-state index >= 15 is 0 Å². The number of aliphatic hydroxyl groups is 2. The quantitative estimate of drug-likeness (QED) is 0.118. The van der Waals surface area contributed by atoms with E-state index in [9.17, 15) is 36.6 Å². The summed E-state index contributed by atoms with van der Waals surface area (Å²) in [6.07, 6.45) is -9.96. The first kappa shape index (κ1) is 46.4. The Labute approximate surface area is 361 Å². The highest BCUT2D eigenvalue weighted by atomic mass is 79.9. The number of hydrogen-bond donors (Lipinski definition) is 2. The van der Waals surface area contributed by atoms with Crippen LogP contribution in [0.2, 0.25) is 0 Å². The number of fused-ring (bicyclic) bond motifs is 2. The summed E-state index contributed by atoms with van der Waals surface area (Å²) in [4.78, 5) is 0. The highest BCUT2D eigenvalue weighted by molar-refractivity contribution is 9.10. The van der Waals surface area contributed by atoms with E-state index in [1.807, 2.05) is 48.5 Å². The van der Waals surface area contributed by atoms with Crippen LogP contribution in [-0.2, 0) is 33.9 Å². The standard InChI is InChI=1S/2C24H20BrF3O2/c2*1-22(2,30-16-17-7-11-21(25)12-8-17)13-14-23(29,24(26,27)28)20-10-9-18-5-3-4-6-19(18)15-20/h2*3-12,15,29H,16H2,1-2H3/t2*23-/m11/s1. The molecule has 0 aliphatic carbocycles. The van der Waals surface area contributed by atoms with Crippen molar-refractivity contribution >= 4 is 53.4 Å². The summed E-state index contributed by atoms with van der Waals surface area (Å²) >= 11 is 6.68. The molecule has 4 nitrogen and oxygen atoms in total. The molecule has 0 heterocycles. The molecule has 312 valence electrons. The summed E-state index contributed by atoms with van der Waals surface area (Å²) in [6, 6.07) is 37.0. The Morgan fingerprint density at radius 1 is 0.450 bits per heavy atom. The first-order chi connectivity index (χ1) is 28.0. The molecular weight excluding hydrogens is 914 g/mol. The van der Waals surface area contributed by atoms with Crippen LogP contribution in [0.5, 0.6) is 0 Å². The molecule has 0 unspecified atom stereocenters. The normalized spacial score (nSPS) is 14.1. The smallest absolute Gasteiger partial charge is 0.366 e. The van der Waals surface area contributed by atoms with Gasteiger partial charge in [-0.2, -0.15) is 26.3 Å². The lowest BCUT2D eigenvalue weighted by atomic mass is 9.91. The van der Waals surface area contributed by atoms with E-state index < -0.39 is 34.8 Å². The molecule has 0 saturated carbocycles. The van der Waals surface area contributed by atoms with E-state index in [4.69, 9.17) is 9.47 Å². The van der Waals surface area contributed by atoms with E-state index in [2.05, 4.69) is 55.5 Å². The van der Waals surface area contributed by atoms with Crippen LogP contribution in [0, 0.1) is 23.7 Å². The molecule has 0 aliphatic rings. The molecule has 0 bridgehead atoms. The second-order valence-corrected chi connectivity index (χ2v) is 16.7. The van der Waals surface area contributed by atoms with Crippen LogP contribution >= 0.6 is 31.9 Å². The summed E-state index contributed by atoms with van der Waals surface area (Å²) in [6.45, 7) is 6.61. The van der Waals surface area contributed by atoms with Gasteiger partial charge < -0.3 is 19.7 Å². The Morgan fingerprint density at radius 3 is 1.08 bits per heavy atom. The number of hydrogen-bond acceptors (Lipinski definition) is 4. The van der Waals surface area contributed by atoms with Gasteiger partial charge in [-0.25, -0.2) is 0 Å².